The predicted octanol–water partition coefficient (Wildman–Crippen LogP) is 2.07. The number of nitrogens with one attached hydrogen (secondary N) is 2. The molecule has 0 unspecified atom stereocenters. The number of carbonyl (C=O) groups is 6. The van der Waals surface area contributed by atoms with Gasteiger partial charge in [-0.3, -0.25) is 28.9 Å². The molecule has 0 radical (unpaired) electrons. The largest absolute Gasteiger partial charge is 0.459 e. The van der Waals surface area contributed by atoms with E-state index in [0.29, 0.717) is 4.90 Å². The van der Waals surface area contributed by atoms with Crippen LogP contribution in [0.4, 0.5) is 0 Å². The molecule has 252 valence electrons. The number of nitrogens with two attached hydrogens (primary N) is 2. The SMILES string of the molecule is CC[C@H](N)C(=O)C(=O)N(C(=O)[C@@H](NC(=O)[C@@H](N)C(C)C)C(C)C)[C@H](CC(C)C)C(=O)N[C@H](C(=O)OCc1ccccc1)C(C)C. The second-order valence-corrected chi connectivity index (χ2v) is 12.9. The lowest BCUT2D eigenvalue weighted by molar-refractivity contribution is -0.160. The van der Waals surface area contributed by atoms with Crippen molar-refractivity contribution in [2.24, 2.45) is 35.1 Å². The van der Waals surface area contributed by atoms with Crippen molar-refractivity contribution >= 4 is 35.4 Å². The van der Waals surface area contributed by atoms with Gasteiger partial charge in [0.15, 0.2) is 0 Å². The highest BCUT2D eigenvalue weighted by molar-refractivity contribution is 6.41. The molecule has 4 amide bonds. The first-order chi connectivity index (χ1) is 20.9. The summed E-state index contributed by atoms with van der Waals surface area (Å²) in [5, 5.41) is 5.28. The number of ketones is 1. The van der Waals surface area contributed by atoms with Crippen molar-refractivity contribution in [3.63, 3.8) is 0 Å². The van der Waals surface area contributed by atoms with Gasteiger partial charge in [-0.05, 0) is 42.1 Å². The number of hydrogen-bond donors (Lipinski definition) is 4. The molecule has 0 fully saturated rings. The lowest BCUT2D eigenvalue weighted by atomic mass is 9.95. The summed E-state index contributed by atoms with van der Waals surface area (Å²) in [5.74, 6) is -6.88. The van der Waals surface area contributed by atoms with Gasteiger partial charge >= 0.3 is 5.97 Å². The van der Waals surface area contributed by atoms with Crippen molar-refractivity contribution in [3.05, 3.63) is 35.9 Å². The highest BCUT2D eigenvalue weighted by atomic mass is 16.5. The third-order valence-corrected chi connectivity index (χ3v) is 7.45. The Kier molecular flexibility index (Phi) is 16.1. The minimum Gasteiger partial charge on any atom is -0.459 e. The van der Waals surface area contributed by atoms with Crippen LogP contribution in [0.25, 0.3) is 0 Å². The zero-order valence-electron chi connectivity index (χ0n) is 28.2. The molecule has 1 rings (SSSR count). The standard InChI is InChI=1S/C33H53N5O7/c1-10-23(34)28(39)32(43)38(31(42)26(20(6)7)36-30(41)25(35)19(4)5)24(16-18(2)3)29(40)37-27(21(8)9)33(44)45-17-22-14-12-11-13-15-22/h11-15,18-21,23-27H,10,16-17,34-35H2,1-9H3,(H,36,41)(H,37,40)/t23-,24+,25-,26-,27-/m0/s1. The Labute approximate surface area is 267 Å². The minimum atomic E-state index is -1.50. The number of esters is 1. The van der Waals surface area contributed by atoms with Crippen LogP contribution >= 0.6 is 0 Å². The first-order valence-electron chi connectivity index (χ1n) is 15.7. The first-order valence-corrected chi connectivity index (χ1v) is 15.7. The second-order valence-electron chi connectivity index (χ2n) is 12.9. The van der Waals surface area contributed by atoms with Gasteiger partial charge in [0.1, 0.15) is 24.7 Å². The molecule has 0 aliphatic carbocycles. The van der Waals surface area contributed by atoms with E-state index in [1.165, 1.54) is 0 Å². The molecule has 0 aliphatic rings. The molecule has 0 saturated heterocycles. The average Bonchev–Trinajstić information content (AvgIpc) is 2.98. The van der Waals surface area contributed by atoms with Crippen LogP contribution in [-0.2, 0) is 40.1 Å². The maximum atomic E-state index is 14.2. The van der Waals surface area contributed by atoms with Crippen molar-refractivity contribution in [1.82, 2.24) is 15.5 Å². The van der Waals surface area contributed by atoms with E-state index in [-0.39, 0.29) is 31.3 Å². The van der Waals surface area contributed by atoms with Gasteiger partial charge in [-0.2, -0.15) is 0 Å². The Hall–Kier alpha value is -3.64. The smallest absolute Gasteiger partial charge is 0.329 e. The Balaban J connectivity index is 3.56. The van der Waals surface area contributed by atoms with Crippen LogP contribution in [-0.4, -0.2) is 70.5 Å². The molecule has 0 aliphatic heterocycles. The Morgan fingerprint density at radius 3 is 1.78 bits per heavy atom. The third-order valence-electron chi connectivity index (χ3n) is 7.45. The molecule has 45 heavy (non-hydrogen) atoms. The van der Waals surface area contributed by atoms with Gasteiger partial charge in [0.05, 0.1) is 12.1 Å². The van der Waals surface area contributed by atoms with Crippen LogP contribution in [0.15, 0.2) is 30.3 Å². The molecule has 0 bridgehead atoms. The van der Waals surface area contributed by atoms with Crippen molar-refractivity contribution in [2.75, 3.05) is 0 Å². The summed E-state index contributed by atoms with van der Waals surface area (Å²) in [4.78, 5) is 81.7. The van der Waals surface area contributed by atoms with Crippen LogP contribution in [0.5, 0.6) is 0 Å². The fourth-order valence-electron chi connectivity index (χ4n) is 4.42. The van der Waals surface area contributed by atoms with E-state index in [0.717, 1.165) is 5.56 Å². The van der Waals surface area contributed by atoms with E-state index in [9.17, 15) is 28.8 Å². The number of ether oxygens (including phenoxy) is 1. The molecule has 1 aromatic carbocycles. The van der Waals surface area contributed by atoms with Crippen LogP contribution in [0.3, 0.4) is 0 Å². The van der Waals surface area contributed by atoms with Gasteiger partial charge in [0.2, 0.25) is 17.6 Å². The van der Waals surface area contributed by atoms with Crippen molar-refractivity contribution in [1.29, 1.82) is 0 Å². The lowest BCUT2D eigenvalue weighted by Gasteiger charge is -2.35. The number of benzene rings is 1. The molecular formula is C33H53N5O7. The average molecular weight is 632 g/mol. The summed E-state index contributed by atoms with van der Waals surface area (Å²) in [5.41, 5.74) is 12.7. The molecule has 12 heteroatoms. The zero-order valence-corrected chi connectivity index (χ0v) is 28.2. The summed E-state index contributed by atoms with van der Waals surface area (Å²) in [6.07, 6.45) is 0.0794. The minimum absolute atomic E-state index is 0.0189. The van der Waals surface area contributed by atoms with E-state index >= 15 is 0 Å². The first kappa shape index (κ1) is 39.4. The Morgan fingerprint density at radius 1 is 0.778 bits per heavy atom. The molecular weight excluding hydrogens is 578 g/mol. The van der Waals surface area contributed by atoms with Crippen molar-refractivity contribution < 1.29 is 33.5 Å². The molecule has 12 nitrogen and oxygen atoms in total. The summed E-state index contributed by atoms with van der Waals surface area (Å²) in [6.45, 7) is 15.4. The van der Waals surface area contributed by atoms with Gasteiger partial charge < -0.3 is 26.8 Å². The predicted molar refractivity (Wildman–Crippen MR) is 171 cm³/mol. The van der Waals surface area contributed by atoms with Gasteiger partial charge in [0.25, 0.3) is 11.8 Å². The summed E-state index contributed by atoms with van der Waals surface area (Å²) in [6, 6.07) is 2.95. The maximum Gasteiger partial charge on any atom is 0.329 e. The van der Waals surface area contributed by atoms with Crippen LogP contribution in [0.2, 0.25) is 0 Å². The second kappa shape index (κ2) is 18.4. The van der Waals surface area contributed by atoms with Gasteiger partial charge in [-0.15, -0.1) is 0 Å². The number of Topliss-reactive ketones (excluding diaryl/α,β-unsaturated/α-hetero) is 1. The van der Waals surface area contributed by atoms with Gasteiger partial charge in [0, 0.05) is 0 Å². The van der Waals surface area contributed by atoms with Crippen molar-refractivity contribution in [2.45, 2.75) is 112 Å². The number of amides is 4. The van der Waals surface area contributed by atoms with E-state index < -0.39 is 77.4 Å². The molecule has 0 saturated carbocycles. The fraction of sp³-hybridized carbons (Fsp3) is 0.636. The fourth-order valence-corrected chi connectivity index (χ4v) is 4.42. The van der Waals surface area contributed by atoms with Crippen LogP contribution in [0.1, 0.15) is 80.7 Å². The number of nitrogens with zero attached hydrogens (tertiary/aromatic N) is 1. The number of carbonyl (C=O) groups excluding carboxylic acids is 6. The van der Waals surface area contributed by atoms with E-state index in [1.54, 1.807) is 86.6 Å². The number of imide groups is 1. The summed E-state index contributed by atoms with van der Waals surface area (Å²) in [7, 11) is 0. The Morgan fingerprint density at radius 2 is 1.31 bits per heavy atom. The molecule has 0 spiro atoms. The van der Waals surface area contributed by atoms with E-state index in [4.69, 9.17) is 16.2 Å². The Bertz CT molecular complexity index is 1170. The van der Waals surface area contributed by atoms with Gasteiger partial charge in [-0.25, -0.2) is 4.79 Å². The summed E-state index contributed by atoms with van der Waals surface area (Å²) >= 11 is 0. The molecule has 1 aromatic rings. The quantitative estimate of drug-likeness (QED) is 0.147. The zero-order chi connectivity index (χ0) is 34.6. The van der Waals surface area contributed by atoms with Gasteiger partial charge in [-0.1, -0.05) is 92.6 Å². The normalized spacial score (nSPS) is 14.8. The molecule has 0 aromatic heterocycles. The van der Waals surface area contributed by atoms with Crippen molar-refractivity contribution in [3.8, 4) is 0 Å². The maximum absolute atomic E-state index is 14.2. The highest BCUT2D eigenvalue weighted by Gasteiger charge is 2.44. The number of hydrogen-bond acceptors (Lipinski definition) is 9. The lowest BCUT2D eigenvalue weighted by Crippen LogP contribution is -2.63. The monoisotopic (exact) mass is 631 g/mol. The summed E-state index contributed by atoms with van der Waals surface area (Å²) < 4.78 is 5.48. The van der Waals surface area contributed by atoms with Crippen LogP contribution < -0.4 is 22.1 Å². The molecule has 0 heterocycles. The third kappa shape index (κ3) is 11.7. The van der Waals surface area contributed by atoms with Crippen LogP contribution in [0, 0.1) is 23.7 Å². The molecule has 6 N–H and O–H groups in total. The molecule has 5 atom stereocenters. The number of rotatable bonds is 17. The van der Waals surface area contributed by atoms with E-state index in [1.807, 2.05) is 6.07 Å². The highest BCUT2D eigenvalue weighted by Crippen LogP contribution is 2.19. The van der Waals surface area contributed by atoms with E-state index in [2.05, 4.69) is 10.6 Å². The topological polar surface area (TPSA) is 191 Å².